The topological polar surface area (TPSA) is 38.2 Å². The van der Waals surface area contributed by atoms with E-state index in [2.05, 4.69) is 25.9 Å². The van der Waals surface area contributed by atoms with Crippen molar-refractivity contribution in [3.63, 3.8) is 0 Å². The first-order chi connectivity index (χ1) is 9.10. The first-order valence-corrected chi connectivity index (χ1v) is 7.23. The van der Waals surface area contributed by atoms with Crippen LogP contribution in [0.25, 0.3) is 0 Å². The van der Waals surface area contributed by atoms with Crippen molar-refractivity contribution in [2.45, 2.75) is 9.92 Å². The molecule has 0 amide bonds. The molecule has 0 aliphatic carbocycles. The van der Waals surface area contributed by atoms with E-state index in [0.29, 0.717) is 11.7 Å². The van der Waals surface area contributed by atoms with E-state index in [1.165, 1.54) is 0 Å². The average Bonchev–Trinajstić information content (AvgIpc) is 2.41. The molecule has 0 bridgehead atoms. The summed E-state index contributed by atoms with van der Waals surface area (Å²) in [4.78, 5) is 11.7. The molecule has 2 aromatic rings. The van der Waals surface area contributed by atoms with Crippen molar-refractivity contribution in [2.75, 3.05) is 26.1 Å². The Labute approximate surface area is 125 Å². The van der Waals surface area contributed by atoms with Gasteiger partial charge in [-0.15, -0.1) is 0 Å². The molecule has 0 spiro atoms. The summed E-state index contributed by atoms with van der Waals surface area (Å²) < 4.78 is 6.36. The lowest BCUT2D eigenvalue weighted by Crippen LogP contribution is -2.13. The van der Waals surface area contributed by atoms with Crippen molar-refractivity contribution in [3.8, 4) is 5.75 Å². The van der Waals surface area contributed by atoms with Crippen molar-refractivity contribution in [1.29, 1.82) is 0 Å². The van der Waals surface area contributed by atoms with Crippen LogP contribution in [0.15, 0.2) is 44.9 Å². The Kier molecular flexibility index (Phi) is 4.66. The van der Waals surface area contributed by atoms with Gasteiger partial charge in [-0.1, -0.05) is 27.7 Å². The van der Waals surface area contributed by atoms with Crippen molar-refractivity contribution >= 4 is 33.6 Å². The third-order valence-corrected chi connectivity index (χ3v) is 3.88. The van der Waals surface area contributed by atoms with Gasteiger partial charge in [0.2, 0.25) is 5.95 Å². The molecular formula is C13H14BrN3OS. The van der Waals surface area contributed by atoms with Crippen LogP contribution in [-0.2, 0) is 0 Å². The number of anilines is 1. The summed E-state index contributed by atoms with van der Waals surface area (Å²) in [5, 5.41) is 0.809. The molecule has 0 aliphatic rings. The number of benzene rings is 1. The van der Waals surface area contributed by atoms with Gasteiger partial charge in [-0.25, -0.2) is 9.97 Å². The minimum Gasteiger partial charge on any atom is -0.492 e. The molecule has 1 aromatic carbocycles. The first-order valence-electron chi connectivity index (χ1n) is 5.62. The number of nitrogens with zero attached hydrogens (tertiary/aromatic N) is 3. The summed E-state index contributed by atoms with van der Waals surface area (Å²) in [6, 6.07) is 8.07. The van der Waals surface area contributed by atoms with Crippen LogP contribution in [0, 0.1) is 0 Å². The Bertz CT molecular complexity index is 560. The number of halogens is 1. The van der Waals surface area contributed by atoms with Crippen molar-refractivity contribution in [3.05, 3.63) is 34.9 Å². The van der Waals surface area contributed by atoms with Gasteiger partial charge >= 0.3 is 0 Å². The summed E-state index contributed by atoms with van der Waals surface area (Å²) in [5.41, 5.74) is 0. The van der Waals surface area contributed by atoms with Crippen molar-refractivity contribution in [2.24, 2.45) is 0 Å². The summed E-state index contributed by atoms with van der Waals surface area (Å²) in [7, 11) is 5.45. The number of rotatable bonds is 4. The fraction of sp³-hybridized carbons (Fsp3) is 0.231. The number of hydrogen-bond acceptors (Lipinski definition) is 5. The molecule has 6 heteroatoms. The second-order valence-corrected chi connectivity index (χ2v) is 5.97. The largest absolute Gasteiger partial charge is 0.492 e. The van der Waals surface area contributed by atoms with E-state index in [0.717, 1.165) is 14.4 Å². The molecule has 2 rings (SSSR count). The highest BCUT2D eigenvalue weighted by Crippen LogP contribution is 2.34. The number of ether oxygens (including phenoxy) is 1. The lowest BCUT2D eigenvalue weighted by Gasteiger charge is -2.13. The number of hydrogen-bond donors (Lipinski definition) is 0. The molecule has 100 valence electrons. The highest BCUT2D eigenvalue weighted by atomic mass is 79.9. The summed E-state index contributed by atoms with van der Waals surface area (Å²) in [6.45, 7) is 0. The zero-order valence-electron chi connectivity index (χ0n) is 10.9. The smallest absolute Gasteiger partial charge is 0.226 e. The zero-order valence-corrected chi connectivity index (χ0v) is 13.3. The molecule has 4 nitrogen and oxygen atoms in total. The maximum atomic E-state index is 5.30. The van der Waals surface area contributed by atoms with E-state index in [1.54, 1.807) is 25.1 Å². The van der Waals surface area contributed by atoms with E-state index in [1.807, 2.05) is 43.3 Å². The lowest BCUT2D eigenvalue weighted by atomic mass is 10.4. The maximum absolute atomic E-state index is 5.30. The van der Waals surface area contributed by atoms with Gasteiger partial charge in [0.15, 0.2) is 5.75 Å². The van der Waals surface area contributed by atoms with Crippen LogP contribution < -0.4 is 9.64 Å². The predicted molar refractivity (Wildman–Crippen MR) is 81.2 cm³/mol. The Hall–Kier alpha value is -1.27. The Morgan fingerprint density at radius 1 is 1.21 bits per heavy atom. The molecule has 0 radical (unpaired) electrons. The van der Waals surface area contributed by atoms with Gasteiger partial charge in [-0.3, -0.25) is 0 Å². The molecule has 0 aliphatic heterocycles. The molecule has 0 saturated heterocycles. The second-order valence-electron chi connectivity index (χ2n) is 3.99. The minimum absolute atomic E-state index is 0.667. The quantitative estimate of drug-likeness (QED) is 0.797. The average molecular weight is 340 g/mol. The van der Waals surface area contributed by atoms with Gasteiger partial charge in [0.25, 0.3) is 0 Å². The Morgan fingerprint density at radius 3 is 2.47 bits per heavy atom. The first kappa shape index (κ1) is 14.1. The fourth-order valence-electron chi connectivity index (χ4n) is 1.39. The van der Waals surface area contributed by atoms with Gasteiger partial charge in [0.05, 0.1) is 13.3 Å². The molecule has 0 fully saturated rings. The molecule has 0 N–H and O–H groups in total. The standard InChI is InChI=1S/C13H14BrN3OS/c1-17(2)13-15-8-11(18-3)12(16-13)19-10-6-4-9(14)5-7-10/h4-8H,1-3H3. The van der Waals surface area contributed by atoms with Gasteiger partial charge in [0, 0.05) is 23.5 Å². The van der Waals surface area contributed by atoms with Gasteiger partial charge in [0.1, 0.15) is 5.03 Å². The van der Waals surface area contributed by atoms with Crippen LogP contribution in [0.2, 0.25) is 0 Å². The highest BCUT2D eigenvalue weighted by Gasteiger charge is 2.10. The molecule has 0 saturated carbocycles. The minimum atomic E-state index is 0.667. The maximum Gasteiger partial charge on any atom is 0.226 e. The van der Waals surface area contributed by atoms with Crippen LogP contribution >= 0.6 is 27.7 Å². The van der Waals surface area contributed by atoms with Gasteiger partial charge in [-0.05, 0) is 24.3 Å². The van der Waals surface area contributed by atoms with E-state index in [4.69, 9.17) is 4.74 Å². The van der Waals surface area contributed by atoms with Crippen LogP contribution in [0.5, 0.6) is 5.75 Å². The van der Waals surface area contributed by atoms with Crippen LogP contribution in [0.4, 0.5) is 5.95 Å². The van der Waals surface area contributed by atoms with Crippen LogP contribution in [-0.4, -0.2) is 31.2 Å². The van der Waals surface area contributed by atoms with Crippen LogP contribution in [0.1, 0.15) is 0 Å². The molecule has 1 aromatic heterocycles. The molecule has 1 heterocycles. The third kappa shape index (κ3) is 3.61. The monoisotopic (exact) mass is 339 g/mol. The normalized spacial score (nSPS) is 10.3. The second kappa shape index (κ2) is 6.25. The third-order valence-electron chi connectivity index (χ3n) is 2.36. The summed E-state index contributed by atoms with van der Waals surface area (Å²) >= 11 is 4.98. The Morgan fingerprint density at radius 2 is 1.89 bits per heavy atom. The summed E-state index contributed by atoms with van der Waals surface area (Å²) in [5.74, 6) is 1.35. The highest BCUT2D eigenvalue weighted by molar-refractivity contribution is 9.10. The summed E-state index contributed by atoms with van der Waals surface area (Å²) in [6.07, 6.45) is 1.70. The van der Waals surface area contributed by atoms with E-state index in [9.17, 15) is 0 Å². The molecular weight excluding hydrogens is 326 g/mol. The number of methoxy groups -OCH3 is 1. The molecule has 0 atom stereocenters. The fourth-order valence-corrected chi connectivity index (χ4v) is 2.51. The van der Waals surface area contributed by atoms with Crippen LogP contribution in [0.3, 0.4) is 0 Å². The van der Waals surface area contributed by atoms with Gasteiger partial charge < -0.3 is 9.64 Å². The van der Waals surface area contributed by atoms with E-state index >= 15 is 0 Å². The Balaban J connectivity index is 2.31. The van der Waals surface area contributed by atoms with Gasteiger partial charge in [-0.2, -0.15) is 0 Å². The molecule has 0 unspecified atom stereocenters. The van der Waals surface area contributed by atoms with Crippen molar-refractivity contribution in [1.82, 2.24) is 9.97 Å². The SMILES string of the molecule is COc1cnc(N(C)C)nc1Sc1ccc(Br)cc1. The van der Waals surface area contributed by atoms with Crippen molar-refractivity contribution < 1.29 is 4.74 Å². The van der Waals surface area contributed by atoms with E-state index in [-0.39, 0.29) is 0 Å². The zero-order chi connectivity index (χ0) is 13.8. The number of aromatic nitrogens is 2. The molecule has 19 heavy (non-hydrogen) atoms. The predicted octanol–water partition coefficient (Wildman–Crippen LogP) is 3.46. The van der Waals surface area contributed by atoms with E-state index < -0.39 is 0 Å². The lowest BCUT2D eigenvalue weighted by molar-refractivity contribution is 0.398.